The molecule has 0 radical (unpaired) electrons. The van der Waals surface area contributed by atoms with Crippen molar-refractivity contribution in [1.82, 2.24) is 28.9 Å². The van der Waals surface area contributed by atoms with Gasteiger partial charge in [-0.05, 0) is 43.7 Å². The normalized spacial score (nSPS) is 11.8. The smallest absolute Gasteiger partial charge is 0.245 e. The Morgan fingerprint density at radius 3 is 2.80 bits per heavy atom. The van der Waals surface area contributed by atoms with E-state index in [1.54, 1.807) is 18.7 Å². The van der Waals surface area contributed by atoms with Crippen molar-refractivity contribution >= 4 is 5.52 Å². The topological polar surface area (TPSA) is 73.0 Å². The summed E-state index contributed by atoms with van der Waals surface area (Å²) in [6.07, 6.45) is 9.23. The molecule has 0 amide bonds. The molecule has 0 aliphatic rings. The minimum absolute atomic E-state index is 0.338. The molecule has 0 saturated carbocycles. The van der Waals surface area contributed by atoms with Crippen molar-refractivity contribution in [3.05, 3.63) is 85.0 Å². The van der Waals surface area contributed by atoms with Crippen LogP contribution in [0.4, 0.5) is 0 Å². The summed E-state index contributed by atoms with van der Waals surface area (Å²) in [6, 6.07) is 14.0. The van der Waals surface area contributed by atoms with E-state index in [4.69, 9.17) is 9.72 Å². The molecule has 0 unspecified atom stereocenters. The number of hydrogen-bond acceptors (Lipinski definition) is 4. The number of pyridine rings is 1. The molecular weight excluding hydrogens is 376 g/mol. The van der Waals surface area contributed by atoms with Crippen molar-refractivity contribution in [3.63, 3.8) is 0 Å². The molecule has 1 N–H and O–H groups in total. The summed E-state index contributed by atoms with van der Waals surface area (Å²) in [5.74, 6) is 3.03. The van der Waals surface area contributed by atoms with Gasteiger partial charge in [0.15, 0.2) is 5.82 Å². The number of nitrogens with one attached hydrogen (secondary N) is 1. The van der Waals surface area contributed by atoms with Crippen LogP contribution in [0.2, 0.25) is 0 Å². The highest BCUT2D eigenvalue weighted by Gasteiger charge is 2.29. The highest BCUT2D eigenvalue weighted by atomic mass is 16.5. The van der Waals surface area contributed by atoms with Crippen molar-refractivity contribution in [2.75, 3.05) is 0 Å². The van der Waals surface area contributed by atoms with Crippen LogP contribution >= 0.6 is 0 Å². The van der Waals surface area contributed by atoms with Crippen LogP contribution in [0.15, 0.2) is 73.6 Å². The number of fused-ring (bicyclic) bond motifs is 1. The van der Waals surface area contributed by atoms with E-state index in [9.17, 15) is 0 Å². The van der Waals surface area contributed by atoms with Crippen LogP contribution in [0.5, 0.6) is 11.6 Å². The van der Waals surface area contributed by atoms with E-state index in [1.165, 1.54) is 0 Å². The van der Waals surface area contributed by atoms with E-state index in [0.29, 0.717) is 5.88 Å². The third-order valence-electron chi connectivity index (χ3n) is 5.36. The second-order valence-corrected chi connectivity index (χ2v) is 7.80. The second-order valence-electron chi connectivity index (χ2n) is 7.80. The van der Waals surface area contributed by atoms with Crippen LogP contribution in [-0.4, -0.2) is 28.9 Å². The van der Waals surface area contributed by atoms with Gasteiger partial charge in [-0.2, -0.15) is 0 Å². The van der Waals surface area contributed by atoms with Gasteiger partial charge in [0.05, 0.1) is 0 Å². The van der Waals surface area contributed by atoms with Gasteiger partial charge in [0, 0.05) is 37.3 Å². The minimum atomic E-state index is -0.338. The van der Waals surface area contributed by atoms with Gasteiger partial charge in [-0.3, -0.25) is 0 Å². The van der Waals surface area contributed by atoms with Gasteiger partial charge >= 0.3 is 0 Å². The maximum atomic E-state index is 6.12. The molecule has 0 bridgehead atoms. The molecule has 4 aromatic heterocycles. The Morgan fingerprint density at radius 1 is 1.07 bits per heavy atom. The fourth-order valence-electron chi connectivity index (χ4n) is 3.75. The van der Waals surface area contributed by atoms with Crippen LogP contribution in [0.25, 0.3) is 17.0 Å². The van der Waals surface area contributed by atoms with E-state index in [-0.39, 0.29) is 5.41 Å². The molecule has 0 fully saturated rings. The molecule has 30 heavy (non-hydrogen) atoms. The number of hydrogen-bond donors (Lipinski definition) is 1. The van der Waals surface area contributed by atoms with Crippen molar-refractivity contribution < 1.29 is 4.74 Å². The average Bonchev–Trinajstić information content (AvgIpc) is 3.49. The van der Waals surface area contributed by atoms with Gasteiger partial charge in [-0.1, -0.05) is 18.2 Å². The van der Waals surface area contributed by atoms with Crippen molar-refractivity contribution in [1.29, 1.82) is 0 Å². The summed E-state index contributed by atoms with van der Waals surface area (Å²) in [5, 5.41) is 0. The van der Waals surface area contributed by atoms with Crippen LogP contribution in [0.3, 0.4) is 0 Å². The Morgan fingerprint density at radius 2 is 1.97 bits per heavy atom. The summed E-state index contributed by atoms with van der Waals surface area (Å²) >= 11 is 0. The molecule has 4 heterocycles. The first-order chi connectivity index (χ1) is 14.5. The third-order valence-corrected chi connectivity index (χ3v) is 5.36. The van der Waals surface area contributed by atoms with E-state index in [1.807, 2.05) is 58.7 Å². The predicted molar refractivity (Wildman–Crippen MR) is 115 cm³/mol. The number of imidazole rings is 3. The highest BCUT2D eigenvalue weighted by Crippen LogP contribution is 2.34. The van der Waals surface area contributed by atoms with Gasteiger partial charge in [0.25, 0.3) is 0 Å². The number of aromatic amines is 1. The lowest BCUT2D eigenvalue weighted by molar-refractivity contribution is 0.467. The molecule has 7 heteroatoms. The first-order valence-electron chi connectivity index (χ1n) is 9.76. The van der Waals surface area contributed by atoms with Crippen molar-refractivity contribution in [3.8, 4) is 23.1 Å². The lowest BCUT2D eigenvalue weighted by Crippen LogP contribution is -2.23. The average molecular weight is 398 g/mol. The van der Waals surface area contributed by atoms with E-state index >= 15 is 0 Å². The molecule has 0 aliphatic carbocycles. The lowest BCUT2D eigenvalue weighted by Gasteiger charge is -2.25. The number of ether oxygens (including phenoxy) is 1. The molecule has 5 aromatic rings. The monoisotopic (exact) mass is 398 g/mol. The maximum Gasteiger partial charge on any atom is 0.245 e. The van der Waals surface area contributed by atoms with Gasteiger partial charge in [0.1, 0.15) is 29.1 Å². The first kappa shape index (κ1) is 18.2. The maximum absolute atomic E-state index is 6.12. The summed E-state index contributed by atoms with van der Waals surface area (Å²) in [7, 11) is 2.01. The van der Waals surface area contributed by atoms with Gasteiger partial charge in [-0.25, -0.2) is 15.0 Å². The Kier molecular flexibility index (Phi) is 4.17. The zero-order chi connectivity index (χ0) is 20.7. The lowest BCUT2D eigenvalue weighted by atomic mass is 9.83. The molecule has 5 rings (SSSR count). The Labute approximate surface area is 174 Å². The molecule has 7 nitrogen and oxygen atoms in total. The van der Waals surface area contributed by atoms with E-state index < -0.39 is 0 Å². The van der Waals surface area contributed by atoms with Crippen molar-refractivity contribution in [2.24, 2.45) is 7.05 Å². The van der Waals surface area contributed by atoms with Gasteiger partial charge in [0.2, 0.25) is 5.88 Å². The molecule has 1 aromatic carbocycles. The molecule has 0 aliphatic heterocycles. The summed E-state index contributed by atoms with van der Waals surface area (Å²) < 4.78 is 10.1. The van der Waals surface area contributed by atoms with E-state index in [2.05, 4.69) is 40.9 Å². The number of benzene rings is 1. The Balaban J connectivity index is 1.48. The molecule has 0 spiro atoms. The highest BCUT2D eigenvalue weighted by molar-refractivity contribution is 5.57. The molecule has 0 saturated heterocycles. The Hall–Kier alpha value is -3.87. The number of aromatic nitrogens is 6. The van der Waals surface area contributed by atoms with Crippen molar-refractivity contribution in [2.45, 2.75) is 19.3 Å². The number of H-pyrrole nitrogens is 1. The summed E-state index contributed by atoms with van der Waals surface area (Å²) in [5.41, 5.74) is 2.51. The predicted octanol–water partition coefficient (Wildman–Crippen LogP) is 4.58. The summed E-state index contributed by atoms with van der Waals surface area (Å²) in [4.78, 5) is 16.7. The van der Waals surface area contributed by atoms with Crippen LogP contribution in [0, 0.1) is 0 Å². The van der Waals surface area contributed by atoms with Gasteiger partial charge < -0.3 is 18.7 Å². The molecule has 0 atom stereocenters. The van der Waals surface area contributed by atoms with E-state index in [0.717, 1.165) is 34.2 Å². The number of aryl methyl sites for hydroxylation is 1. The van der Waals surface area contributed by atoms with Crippen LogP contribution in [0.1, 0.15) is 25.2 Å². The summed E-state index contributed by atoms with van der Waals surface area (Å²) in [6.45, 7) is 4.32. The fourth-order valence-corrected chi connectivity index (χ4v) is 3.75. The second kappa shape index (κ2) is 6.88. The molecular formula is C23H22N6O. The SMILES string of the molecule is Cn1cc(-c2ncc[nH]2)nc1C(C)(C)c1cccc(Oc2ncn3ccccc23)c1. The Bertz CT molecular complexity index is 1310. The zero-order valence-electron chi connectivity index (χ0n) is 17.1. The van der Waals surface area contributed by atoms with Crippen LogP contribution in [-0.2, 0) is 12.5 Å². The molecule has 150 valence electrons. The standard InChI is InChI=1S/C23H22N6O/c1-23(2,22-27-18(14-28(22)3)20-24-10-11-25-20)16-7-6-8-17(13-16)30-21-19-9-4-5-12-29(19)15-26-21/h4-15H,1-3H3,(H,24,25). The quantitative estimate of drug-likeness (QED) is 0.470. The van der Waals surface area contributed by atoms with Crippen LogP contribution < -0.4 is 4.74 Å². The first-order valence-corrected chi connectivity index (χ1v) is 9.76. The fraction of sp³-hybridized carbons (Fsp3) is 0.174. The number of rotatable bonds is 5. The number of nitrogens with zero attached hydrogens (tertiary/aromatic N) is 5. The largest absolute Gasteiger partial charge is 0.437 e. The third kappa shape index (κ3) is 3.04. The zero-order valence-corrected chi connectivity index (χ0v) is 17.1. The minimum Gasteiger partial charge on any atom is -0.437 e. The van der Waals surface area contributed by atoms with Gasteiger partial charge in [-0.15, -0.1) is 0 Å².